The second-order valence-corrected chi connectivity index (χ2v) is 4.60. The van der Waals surface area contributed by atoms with E-state index >= 15 is 0 Å². The van der Waals surface area contributed by atoms with Gasteiger partial charge in [-0.2, -0.15) is 0 Å². The van der Waals surface area contributed by atoms with Crippen LogP contribution in [0.5, 0.6) is 0 Å². The van der Waals surface area contributed by atoms with Crippen LogP contribution in [0.15, 0.2) is 48.8 Å². The van der Waals surface area contributed by atoms with Gasteiger partial charge in [-0.3, -0.25) is 4.98 Å². The highest BCUT2D eigenvalue weighted by molar-refractivity contribution is 5.89. The zero-order valence-corrected chi connectivity index (χ0v) is 11.6. The van der Waals surface area contributed by atoms with Crippen LogP contribution in [0.3, 0.4) is 0 Å². The van der Waals surface area contributed by atoms with Crippen molar-refractivity contribution in [3.63, 3.8) is 0 Å². The third-order valence-electron chi connectivity index (χ3n) is 2.84. The third-order valence-corrected chi connectivity index (χ3v) is 2.84. The van der Waals surface area contributed by atoms with Crippen molar-refractivity contribution in [3.05, 3.63) is 54.4 Å². The van der Waals surface area contributed by atoms with Gasteiger partial charge in [0.1, 0.15) is 0 Å². The smallest absolute Gasteiger partial charge is 0.319 e. The van der Waals surface area contributed by atoms with Crippen LogP contribution in [0, 0.1) is 0 Å². The minimum Gasteiger partial charge on any atom is -0.378 e. The number of amides is 2. The molecule has 2 amide bonds. The monoisotopic (exact) mass is 270 g/mol. The molecule has 0 saturated heterocycles. The molecule has 5 heteroatoms. The summed E-state index contributed by atoms with van der Waals surface area (Å²) in [5.74, 6) is 0. The molecule has 2 N–H and O–H groups in total. The second kappa shape index (κ2) is 6.56. The maximum atomic E-state index is 11.8. The molecule has 0 fully saturated rings. The first-order valence-corrected chi connectivity index (χ1v) is 6.36. The average Bonchev–Trinajstić information content (AvgIpc) is 2.47. The summed E-state index contributed by atoms with van der Waals surface area (Å²) in [7, 11) is 3.95. The molecule has 2 aromatic rings. The van der Waals surface area contributed by atoms with Crippen molar-refractivity contribution in [2.75, 3.05) is 24.3 Å². The van der Waals surface area contributed by atoms with Crippen LogP contribution in [-0.4, -0.2) is 25.1 Å². The maximum Gasteiger partial charge on any atom is 0.319 e. The number of urea groups is 1. The lowest BCUT2D eigenvalue weighted by molar-refractivity contribution is 0.251. The number of benzene rings is 1. The van der Waals surface area contributed by atoms with Crippen molar-refractivity contribution in [3.8, 4) is 0 Å². The fourth-order valence-electron chi connectivity index (χ4n) is 1.70. The second-order valence-electron chi connectivity index (χ2n) is 4.60. The molecule has 1 heterocycles. The van der Waals surface area contributed by atoms with E-state index in [4.69, 9.17) is 0 Å². The molecule has 2 rings (SSSR count). The van der Waals surface area contributed by atoms with E-state index in [1.807, 2.05) is 55.4 Å². The summed E-state index contributed by atoms with van der Waals surface area (Å²) in [6, 6.07) is 11.2. The molecule has 0 aliphatic rings. The molecule has 104 valence electrons. The van der Waals surface area contributed by atoms with E-state index in [9.17, 15) is 4.79 Å². The predicted molar refractivity (Wildman–Crippen MR) is 80.9 cm³/mol. The highest BCUT2D eigenvalue weighted by atomic mass is 16.2. The van der Waals surface area contributed by atoms with E-state index < -0.39 is 0 Å². The van der Waals surface area contributed by atoms with Gasteiger partial charge in [-0.1, -0.05) is 0 Å². The van der Waals surface area contributed by atoms with Crippen molar-refractivity contribution in [2.24, 2.45) is 0 Å². The summed E-state index contributed by atoms with van der Waals surface area (Å²) in [6.07, 6.45) is 3.41. The van der Waals surface area contributed by atoms with Gasteiger partial charge in [-0.25, -0.2) is 4.79 Å². The largest absolute Gasteiger partial charge is 0.378 e. The van der Waals surface area contributed by atoms with Gasteiger partial charge in [0.2, 0.25) is 0 Å². The number of carbonyl (C=O) groups excluding carboxylic acids is 1. The van der Waals surface area contributed by atoms with Crippen molar-refractivity contribution >= 4 is 17.4 Å². The fourth-order valence-corrected chi connectivity index (χ4v) is 1.70. The molecule has 0 saturated carbocycles. The van der Waals surface area contributed by atoms with Gasteiger partial charge in [0.05, 0.1) is 0 Å². The molecule has 1 aromatic heterocycles. The lowest BCUT2D eigenvalue weighted by Gasteiger charge is -2.13. The first kappa shape index (κ1) is 13.9. The molecule has 0 aliphatic carbocycles. The van der Waals surface area contributed by atoms with Crippen molar-refractivity contribution < 1.29 is 4.79 Å². The first-order valence-electron chi connectivity index (χ1n) is 6.36. The van der Waals surface area contributed by atoms with Crippen LogP contribution in [0.1, 0.15) is 5.56 Å². The van der Waals surface area contributed by atoms with E-state index in [2.05, 4.69) is 15.6 Å². The van der Waals surface area contributed by atoms with E-state index in [0.717, 1.165) is 16.9 Å². The SMILES string of the molecule is CN(C)c1ccc(NC(=O)NCc2ccncc2)cc1. The summed E-state index contributed by atoms with van der Waals surface area (Å²) in [5.41, 5.74) is 2.87. The number of anilines is 2. The van der Waals surface area contributed by atoms with Crippen LogP contribution in [0.25, 0.3) is 0 Å². The molecule has 0 bridgehead atoms. The summed E-state index contributed by atoms with van der Waals surface area (Å²) in [4.78, 5) is 17.7. The Hall–Kier alpha value is -2.56. The summed E-state index contributed by atoms with van der Waals surface area (Å²) in [6.45, 7) is 0.476. The van der Waals surface area contributed by atoms with Crippen molar-refractivity contribution in [1.82, 2.24) is 10.3 Å². The quantitative estimate of drug-likeness (QED) is 0.897. The number of carbonyl (C=O) groups is 1. The number of rotatable bonds is 4. The summed E-state index contributed by atoms with van der Waals surface area (Å²) in [5, 5.41) is 5.59. The maximum absolute atomic E-state index is 11.8. The minimum absolute atomic E-state index is 0.223. The Labute approximate surface area is 118 Å². The standard InChI is InChI=1S/C15H18N4O/c1-19(2)14-5-3-13(4-6-14)18-15(20)17-11-12-7-9-16-10-8-12/h3-10H,11H2,1-2H3,(H2,17,18,20). The number of hydrogen-bond acceptors (Lipinski definition) is 3. The van der Waals surface area contributed by atoms with Crippen LogP contribution in [0.2, 0.25) is 0 Å². The van der Waals surface area contributed by atoms with E-state index in [1.165, 1.54) is 0 Å². The van der Waals surface area contributed by atoms with Gasteiger partial charge in [0.15, 0.2) is 0 Å². The predicted octanol–water partition coefficient (Wildman–Crippen LogP) is 2.47. The number of nitrogens with one attached hydrogen (secondary N) is 2. The molecule has 20 heavy (non-hydrogen) atoms. The van der Waals surface area contributed by atoms with E-state index in [-0.39, 0.29) is 6.03 Å². The highest BCUT2D eigenvalue weighted by Gasteiger charge is 2.02. The Morgan fingerprint density at radius 3 is 2.35 bits per heavy atom. The topological polar surface area (TPSA) is 57.3 Å². The van der Waals surface area contributed by atoms with Gasteiger partial charge in [0, 0.05) is 44.4 Å². The van der Waals surface area contributed by atoms with E-state index in [0.29, 0.717) is 6.54 Å². The Bertz CT molecular complexity index is 552. The van der Waals surface area contributed by atoms with Crippen LogP contribution < -0.4 is 15.5 Å². The number of nitrogens with zero attached hydrogens (tertiary/aromatic N) is 2. The molecule has 5 nitrogen and oxygen atoms in total. The molecule has 0 unspecified atom stereocenters. The molecular formula is C15H18N4O. The Balaban J connectivity index is 1.85. The van der Waals surface area contributed by atoms with Gasteiger partial charge < -0.3 is 15.5 Å². The van der Waals surface area contributed by atoms with Crippen molar-refractivity contribution in [2.45, 2.75) is 6.54 Å². The first-order chi connectivity index (χ1) is 9.65. The molecule has 1 aromatic carbocycles. The lowest BCUT2D eigenvalue weighted by Crippen LogP contribution is -2.28. The van der Waals surface area contributed by atoms with Gasteiger partial charge >= 0.3 is 6.03 Å². The number of hydrogen-bond donors (Lipinski definition) is 2. The number of pyridine rings is 1. The average molecular weight is 270 g/mol. The molecule has 0 radical (unpaired) electrons. The minimum atomic E-state index is -0.223. The van der Waals surface area contributed by atoms with Gasteiger partial charge in [-0.05, 0) is 42.0 Å². The third kappa shape index (κ3) is 3.98. The highest BCUT2D eigenvalue weighted by Crippen LogP contribution is 2.15. The Morgan fingerprint density at radius 1 is 1.10 bits per heavy atom. The van der Waals surface area contributed by atoms with Gasteiger partial charge in [-0.15, -0.1) is 0 Å². The number of aromatic nitrogens is 1. The fraction of sp³-hybridized carbons (Fsp3) is 0.200. The zero-order chi connectivity index (χ0) is 14.4. The molecular weight excluding hydrogens is 252 g/mol. The normalized spacial score (nSPS) is 9.90. The molecule has 0 aliphatic heterocycles. The Morgan fingerprint density at radius 2 is 1.75 bits per heavy atom. The lowest BCUT2D eigenvalue weighted by atomic mass is 10.2. The molecule has 0 atom stereocenters. The zero-order valence-electron chi connectivity index (χ0n) is 11.6. The van der Waals surface area contributed by atoms with Crippen LogP contribution >= 0.6 is 0 Å². The van der Waals surface area contributed by atoms with Gasteiger partial charge in [0.25, 0.3) is 0 Å². The van der Waals surface area contributed by atoms with Crippen molar-refractivity contribution in [1.29, 1.82) is 0 Å². The van der Waals surface area contributed by atoms with E-state index in [1.54, 1.807) is 12.4 Å². The molecule has 0 spiro atoms. The Kier molecular flexibility index (Phi) is 4.55. The van der Waals surface area contributed by atoms with Crippen LogP contribution in [0.4, 0.5) is 16.2 Å². The van der Waals surface area contributed by atoms with Crippen LogP contribution in [-0.2, 0) is 6.54 Å². The summed E-state index contributed by atoms with van der Waals surface area (Å²) >= 11 is 0. The summed E-state index contributed by atoms with van der Waals surface area (Å²) < 4.78 is 0.